The van der Waals surface area contributed by atoms with Crippen LogP contribution in [-0.4, -0.2) is 38.0 Å². The zero-order valence-corrected chi connectivity index (χ0v) is 19.1. The van der Waals surface area contributed by atoms with Gasteiger partial charge in [0.2, 0.25) is 0 Å². The maximum atomic E-state index is 12.6. The van der Waals surface area contributed by atoms with Crippen molar-refractivity contribution in [2.24, 2.45) is 0 Å². The van der Waals surface area contributed by atoms with E-state index in [1.807, 2.05) is 31.2 Å². The van der Waals surface area contributed by atoms with Crippen LogP contribution >= 0.6 is 12.2 Å². The fourth-order valence-corrected chi connectivity index (χ4v) is 3.61. The third-order valence-electron chi connectivity index (χ3n) is 4.99. The molecule has 0 unspecified atom stereocenters. The number of carbonyl (C=O) groups excluding carboxylic acids is 1. The Bertz CT molecular complexity index is 718. The summed E-state index contributed by atoms with van der Waals surface area (Å²) in [5.74, 6) is 0.439. The lowest BCUT2D eigenvalue weighted by molar-refractivity contribution is -0.140. The number of methoxy groups -OCH3 is 1. The number of ether oxygens (including phenoxy) is 3. The average molecular weight is 435 g/mol. The Kier molecular flexibility index (Phi) is 10.7. The molecule has 7 heteroatoms. The van der Waals surface area contributed by atoms with Crippen molar-refractivity contribution in [1.82, 2.24) is 10.6 Å². The molecule has 6 nitrogen and oxygen atoms in total. The van der Waals surface area contributed by atoms with Gasteiger partial charge in [-0.2, -0.15) is 0 Å². The van der Waals surface area contributed by atoms with Crippen molar-refractivity contribution in [1.29, 1.82) is 0 Å². The second-order valence-corrected chi connectivity index (χ2v) is 7.79. The summed E-state index contributed by atoms with van der Waals surface area (Å²) >= 11 is 5.29. The molecule has 166 valence electrons. The lowest BCUT2D eigenvalue weighted by Gasteiger charge is -2.30. The maximum Gasteiger partial charge on any atom is 0.338 e. The Morgan fingerprint density at radius 2 is 1.73 bits per heavy atom. The molecule has 2 rings (SSSR count). The first kappa shape index (κ1) is 24.2. The topological polar surface area (TPSA) is 68.8 Å². The molecule has 1 aliphatic heterocycles. The Hall–Kier alpha value is -2.12. The summed E-state index contributed by atoms with van der Waals surface area (Å²) in [5, 5.41) is 6.66. The van der Waals surface area contributed by atoms with Crippen LogP contribution < -0.4 is 15.4 Å². The van der Waals surface area contributed by atoms with E-state index in [1.165, 1.54) is 32.1 Å². The molecule has 0 saturated heterocycles. The summed E-state index contributed by atoms with van der Waals surface area (Å²) in [6.45, 7) is 5.33. The van der Waals surface area contributed by atoms with E-state index >= 15 is 0 Å². The van der Waals surface area contributed by atoms with E-state index in [9.17, 15) is 4.79 Å². The van der Waals surface area contributed by atoms with Crippen molar-refractivity contribution in [2.45, 2.75) is 58.4 Å². The molecule has 1 heterocycles. The Morgan fingerprint density at radius 3 is 2.43 bits per heavy atom. The number of thiocarbonyl (C=S) groups is 1. The molecule has 0 fully saturated rings. The number of benzene rings is 1. The van der Waals surface area contributed by atoms with Crippen molar-refractivity contribution in [2.75, 3.05) is 26.9 Å². The minimum Gasteiger partial charge on any atom is -0.494 e. The molecular formula is C23H34N2O4S. The smallest absolute Gasteiger partial charge is 0.338 e. The Labute approximate surface area is 185 Å². The van der Waals surface area contributed by atoms with Crippen molar-refractivity contribution < 1.29 is 19.0 Å². The second-order valence-electron chi connectivity index (χ2n) is 7.38. The first-order chi connectivity index (χ1) is 14.6. The number of rotatable bonds is 13. The highest BCUT2D eigenvalue weighted by atomic mass is 32.1. The van der Waals surface area contributed by atoms with Gasteiger partial charge in [-0.1, -0.05) is 51.2 Å². The first-order valence-corrected chi connectivity index (χ1v) is 11.1. The Morgan fingerprint density at radius 1 is 1.03 bits per heavy atom. The van der Waals surface area contributed by atoms with Crippen LogP contribution in [0.25, 0.3) is 0 Å². The molecule has 30 heavy (non-hydrogen) atoms. The van der Waals surface area contributed by atoms with Gasteiger partial charge in [-0.25, -0.2) is 4.79 Å². The molecule has 0 aliphatic carbocycles. The summed E-state index contributed by atoms with van der Waals surface area (Å²) in [5.41, 5.74) is 2.12. The van der Waals surface area contributed by atoms with E-state index in [1.54, 1.807) is 7.11 Å². The molecule has 0 bridgehead atoms. The van der Waals surface area contributed by atoms with E-state index in [0.29, 0.717) is 23.0 Å². The van der Waals surface area contributed by atoms with E-state index < -0.39 is 0 Å². The predicted molar refractivity (Wildman–Crippen MR) is 122 cm³/mol. The van der Waals surface area contributed by atoms with E-state index in [2.05, 4.69) is 17.6 Å². The van der Waals surface area contributed by atoms with Crippen LogP contribution in [0.2, 0.25) is 0 Å². The minimum absolute atomic E-state index is 0.203. The van der Waals surface area contributed by atoms with Gasteiger partial charge in [-0.05, 0) is 43.3 Å². The van der Waals surface area contributed by atoms with Crippen molar-refractivity contribution in [3.63, 3.8) is 0 Å². The highest BCUT2D eigenvalue weighted by molar-refractivity contribution is 7.80. The van der Waals surface area contributed by atoms with Gasteiger partial charge in [0.25, 0.3) is 0 Å². The van der Waals surface area contributed by atoms with Gasteiger partial charge in [0, 0.05) is 12.8 Å². The molecule has 1 atom stereocenters. The van der Waals surface area contributed by atoms with Crippen LogP contribution in [-0.2, 0) is 14.3 Å². The van der Waals surface area contributed by atoms with Crippen LogP contribution in [0.4, 0.5) is 0 Å². The normalized spacial score (nSPS) is 16.1. The van der Waals surface area contributed by atoms with E-state index in [0.717, 1.165) is 24.3 Å². The SMILES string of the molecule is CCCCCCCCOc1ccc([C@@H]2NC(=S)NC(C)=C2C(=O)OCCOC)cc1. The van der Waals surface area contributed by atoms with Crippen LogP contribution in [0.5, 0.6) is 5.75 Å². The van der Waals surface area contributed by atoms with Crippen molar-refractivity contribution >= 4 is 23.3 Å². The third-order valence-corrected chi connectivity index (χ3v) is 5.21. The monoisotopic (exact) mass is 434 g/mol. The van der Waals surface area contributed by atoms with Crippen LogP contribution in [0, 0.1) is 0 Å². The molecule has 0 aromatic heterocycles. The fraction of sp³-hybridized carbons (Fsp3) is 0.565. The van der Waals surface area contributed by atoms with E-state index in [-0.39, 0.29) is 18.6 Å². The molecule has 0 amide bonds. The molecule has 1 aromatic rings. The lowest BCUT2D eigenvalue weighted by atomic mass is 9.95. The largest absolute Gasteiger partial charge is 0.494 e. The van der Waals surface area contributed by atoms with Gasteiger partial charge < -0.3 is 24.8 Å². The lowest BCUT2D eigenvalue weighted by Crippen LogP contribution is -2.45. The summed E-state index contributed by atoms with van der Waals surface area (Å²) in [6.07, 6.45) is 7.42. The Balaban J connectivity index is 1.96. The fourth-order valence-electron chi connectivity index (χ4n) is 3.34. The number of nitrogens with one attached hydrogen (secondary N) is 2. The predicted octanol–water partition coefficient (Wildman–Crippen LogP) is 4.41. The second kappa shape index (κ2) is 13.2. The number of allylic oxidation sites excluding steroid dienone is 1. The van der Waals surface area contributed by atoms with Gasteiger partial charge in [0.15, 0.2) is 5.11 Å². The molecule has 2 N–H and O–H groups in total. The number of carbonyl (C=O) groups is 1. The van der Waals surface area contributed by atoms with Gasteiger partial charge in [-0.3, -0.25) is 0 Å². The van der Waals surface area contributed by atoms with Gasteiger partial charge in [0.1, 0.15) is 12.4 Å². The molecular weight excluding hydrogens is 400 g/mol. The summed E-state index contributed by atoms with van der Waals surface area (Å²) < 4.78 is 16.1. The summed E-state index contributed by atoms with van der Waals surface area (Å²) in [4.78, 5) is 12.6. The van der Waals surface area contributed by atoms with Crippen LogP contribution in [0.15, 0.2) is 35.5 Å². The molecule has 1 aliphatic rings. The minimum atomic E-state index is -0.388. The van der Waals surface area contributed by atoms with Crippen molar-refractivity contribution in [3.05, 3.63) is 41.1 Å². The van der Waals surface area contributed by atoms with Crippen LogP contribution in [0.1, 0.15) is 64.0 Å². The molecule has 0 radical (unpaired) electrons. The van der Waals surface area contributed by atoms with E-state index in [4.69, 9.17) is 26.4 Å². The average Bonchev–Trinajstić information content (AvgIpc) is 2.73. The molecule has 0 saturated carbocycles. The highest BCUT2D eigenvalue weighted by Crippen LogP contribution is 2.29. The summed E-state index contributed by atoms with van der Waals surface area (Å²) in [7, 11) is 1.57. The zero-order chi connectivity index (χ0) is 21.8. The number of unbranched alkanes of at least 4 members (excludes halogenated alkanes) is 5. The first-order valence-electron chi connectivity index (χ1n) is 10.7. The van der Waals surface area contributed by atoms with Gasteiger partial charge >= 0.3 is 5.97 Å². The zero-order valence-electron chi connectivity index (χ0n) is 18.3. The molecule has 1 aromatic carbocycles. The number of hydrogen-bond donors (Lipinski definition) is 2. The quantitative estimate of drug-likeness (QED) is 0.271. The highest BCUT2D eigenvalue weighted by Gasteiger charge is 2.30. The van der Waals surface area contributed by atoms with Crippen molar-refractivity contribution in [3.8, 4) is 5.75 Å². The maximum absolute atomic E-state index is 12.6. The molecule has 0 spiro atoms. The third kappa shape index (κ3) is 7.61. The van der Waals surface area contributed by atoms with Gasteiger partial charge in [-0.15, -0.1) is 0 Å². The number of esters is 1. The summed E-state index contributed by atoms with van der Waals surface area (Å²) in [6, 6.07) is 7.40. The number of hydrogen-bond acceptors (Lipinski definition) is 5. The van der Waals surface area contributed by atoms with Gasteiger partial charge in [0.05, 0.1) is 24.8 Å². The van der Waals surface area contributed by atoms with Crippen LogP contribution in [0.3, 0.4) is 0 Å². The standard InChI is InChI=1S/C23H34N2O4S/c1-4-5-6-7-8-9-14-28-19-12-10-18(11-13-19)21-20(17(2)24-23(30)25-21)22(26)29-16-15-27-3/h10-13,21H,4-9,14-16H2,1-3H3,(H2,24,25,30)/t21-/m0/s1.